The van der Waals surface area contributed by atoms with Crippen molar-refractivity contribution in [3.8, 4) is 5.75 Å². The minimum atomic E-state index is 0.226. The SMILES string of the molecule is Cc1ccc(OC(C)CN2CC[C@H](CN)C2)cc1. The normalized spacial score (nSPS) is 22.1. The van der Waals surface area contributed by atoms with Crippen LogP contribution < -0.4 is 10.5 Å². The maximum absolute atomic E-state index is 5.93. The molecule has 0 saturated carbocycles. The quantitative estimate of drug-likeness (QED) is 0.866. The third-order valence-electron chi connectivity index (χ3n) is 3.58. The van der Waals surface area contributed by atoms with Gasteiger partial charge in [0, 0.05) is 13.1 Å². The number of benzene rings is 1. The Balaban J connectivity index is 1.78. The van der Waals surface area contributed by atoms with E-state index in [4.69, 9.17) is 10.5 Å². The van der Waals surface area contributed by atoms with Crippen LogP contribution in [-0.2, 0) is 0 Å². The molecule has 1 aromatic rings. The molecular weight excluding hydrogens is 224 g/mol. The summed E-state index contributed by atoms with van der Waals surface area (Å²) in [6.07, 6.45) is 1.46. The van der Waals surface area contributed by atoms with Crippen molar-refractivity contribution in [1.29, 1.82) is 0 Å². The van der Waals surface area contributed by atoms with E-state index in [2.05, 4.69) is 30.9 Å². The average Bonchev–Trinajstić information content (AvgIpc) is 2.79. The second kappa shape index (κ2) is 6.21. The molecule has 1 aromatic carbocycles. The summed E-state index contributed by atoms with van der Waals surface area (Å²) in [4.78, 5) is 2.45. The molecule has 2 rings (SSSR count). The van der Waals surface area contributed by atoms with E-state index in [9.17, 15) is 0 Å². The molecule has 0 aliphatic carbocycles. The highest BCUT2D eigenvalue weighted by Crippen LogP contribution is 2.17. The number of nitrogens with zero attached hydrogens (tertiary/aromatic N) is 1. The highest BCUT2D eigenvalue weighted by Gasteiger charge is 2.22. The number of hydrogen-bond donors (Lipinski definition) is 1. The summed E-state index contributed by atoms with van der Waals surface area (Å²) in [5.41, 5.74) is 6.97. The molecule has 2 N–H and O–H groups in total. The smallest absolute Gasteiger partial charge is 0.119 e. The van der Waals surface area contributed by atoms with Gasteiger partial charge in [-0.05, 0) is 51.4 Å². The summed E-state index contributed by atoms with van der Waals surface area (Å²) in [5.74, 6) is 1.64. The molecule has 3 heteroatoms. The first-order valence-corrected chi connectivity index (χ1v) is 6.83. The van der Waals surface area contributed by atoms with Gasteiger partial charge in [0.25, 0.3) is 0 Å². The van der Waals surface area contributed by atoms with Gasteiger partial charge in [0.05, 0.1) is 0 Å². The van der Waals surface area contributed by atoms with Gasteiger partial charge in [0.1, 0.15) is 11.9 Å². The number of nitrogens with two attached hydrogens (primary N) is 1. The first kappa shape index (κ1) is 13.4. The van der Waals surface area contributed by atoms with Crippen LogP contribution in [0.15, 0.2) is 24.3 Å². The minimum absolute atomic E-state index is 0.226. The molecule has 1 aliphatic rings. The van der Waals surface area contributed by atoms with Crippen molar-refractivity contribution in [2.75, 3.05) is 26.2 Å². The summed E-state index contributed by atoms with van der Waals surface area (Å²) >= 11 is 0. The number of ether oxygens (including phenoxy) is 1. The zero-order valence-electron chi connectivity index (χ0n) is 11.4. The molecule has 0 spiro atoms. The molecule has 1 heterocycles. The van der Waals surface area contributed by atoms with Crippen molar-refractivity contribution in [2.24, 2.45) is 11.7 Å². The van der Waals surface area contributed by atoms with Gasteiger partial charge in [0.15, 0.2) is 0 Å². The molecule has 0 radical (unpaired) electrons. The molecule has 2 atom stereocenters. The van der Waals surface area contributed by atoms with Crippen molar-refractivity contribution < 1.29 is 4.74 Å². The van der Waals surface area contributed by atoms with E-state index in [0.29, 0.717) is 5.92 Å². The van der Waals surface area contributed by atoms with Crippen LogP contribution >= 0.6 is 0 Å². The summed E-state index contributed by atoms with van der Waals surface area (Å²) in [6, 6.07) is 8.25. The van der Waals surface area contributed by atoms with E-state index in [1.807, 2.05) is 12.1 Å². The minimum Gasteiger partial charge on any atom is -0.489 e. The van der Waals surface area contributed by atoms with Gasteiger partial charge >= 0.3 is 0 Å². The Bertz CT molecular complexity index is 363. The highest BCUT2D eigenvalue weighted by atomic mass is 16.5. The first-order chi connectivity index (χ1) is 8.67. The molecule has 0 amide bonds. The second-order valence-corrected chi connectivity index (χ2v) is 5.39. The molecule has 18 heavy (non-hydrogen) atoms. The monoisotopic (exact) mass is 248 g/mol. The zero-order chi connectivity index (χ0) is 13.0. The number of hydrogen-bond acceptors (Lipinski definition) is 3. The van der Waals surface area contributed by atoms with E-state index < -0.39 is 0 Å². The van der Waals surface area contributed by atoms with E-state index in [1.165, 1.54) is 12.0 Å². The first-order valence-electron chi connectivity index (χ1n) is 6.83. The van der Waals surface area contributed by atoms with Crippen molar-refractivity contribution >= 4 is 0 Å². The van der Waals surface area contributed by atoms with E-state index in [-0.39, 0.29) is 6.10 Å². The molecular formula is C15H24N2O. The Labute approximate surface area is 110 Å². The predicted molar refractivity (Wildman–Crippen MR) is 74.9 cm³/mol. The van der Waals surface area contributed by atoms with Gasteiger partial charge in [-0.2, -0.15) is 0 Å². The average molecular weight is 248 g/mol. The van der Waals surface area contributed by atoms with Crippen molar-refractivity contribution in [2.45, 2.75) is 26.4 Å². The molecule has 1 saturated heterocycles. The van der Waals surface area contributed by atoms with Crippen LogP contribution in [0.3, 0.4) is 0 Å². The van der Waals surface area contributed by atoms with Gasteiger partial charge < -0.3 is 10.5 Å². The molecule has 3 nitrogen and oxygen atoms in total. The largest absolute Gasteiger partial charge is 0.489 e. The number of rotatable bonds is 5. The van der Waals surface area contributed by atoms with Crippen molar-refractivity contribution in [3.05, 3.63) is 29.8 Å². The lowest BCUT2D eigenvalue weighted by Gasteiger charge is -2.22. The topological polar surface area (TPSA) is 38.5 Å². The Morgan fingerprint density at radius 2 is 2.11 bits per heavy atom. The molecule has 0 aromatic heterocycles. The summed E-state index contributed by atoms with van der Waals surface area (Å²) in [5, 5.41) is 0. The van der Waals surface area contributed by atoms with Crippen LogP contribution in [0.5, 0.6) is 5.75 Å². The Hall–Kier alpha value is -1.06. The molecule has 1 unspecified atom stereocenters. The maximum atomic E-state index is 5.93. The molecule has 1 fully saturated rings. The fraction of sp³-hybridized carbons (Fsp3) is 0.600. The molecule has 0 bridgehead atoms. The van der Waals surface area contributed by atoms with Crippen LogP contribution in [0.1, 0.15) is 18.9 Å². The second-order valence-electron chi connectivity index (χ2n) is 5.39. The third kappa shape index (κ3) is 3.72. The van der Waals surface area contributed by atoms with E-state index in [1.54, 1.807) is 0 Å². The fourth-order valence-corrected chi connectivity index (χ4v) is 2.52. The Morgan fingerprint density at radius 1 is 1.39 bits per heavy atom. The van der Waals surface area contributed by atoms with Crippen molar-refractivity contribution in [1.82, 2.24) is 4.90 Å². The number of likely N-dealkylation sites (tertiary alicyclic amines) is 1. The maximum Gasteiger partial charge on any atom is 0.119 e. The number of aryl methyl sites for hydroxylation is 1. The van der Waals surface area contributed by atoms with Crippen LogP contribution in [-0.4, -0.2) is 37.2 Å². The van der Waals surface area contributed by atoms with Crippen LogP contribution in [0.2, 0.25) is 0 Å². The highest BCUT2D eigenvalue weighted by molar-refractivity contribution is 5.26. The van der Waals surface area contributed by atoms with Crippen LogP contribution in [0.4, 0.5) is 0 Å². The third-order valence-corrected chi connectivity index (χ3v) is 3.58. The lowest BCUT2D eigenvalue weighted by Crippen LogP contribution is -2.33. The van der Waals surface area contributed by atoms with Crippen molar-refractivity contribution in [3.63, 3.8) is 0 Å². The standard InChI is InChI=1S/C15H24N2O/c1-12-3-5-15(6-4-12)18-13(2)10-17-8-7-14(9-16)11-17/h3-6,13-14H,7-11,16H2,1-2H3/t13?,14-/m1/s1. The van der Waals surface area contributed by atoms with Gasteiger partial charge in [-0.3, -0.25) is 4.90 Å². The van der Waals surface area contributed by atoms with Crippen LogP contribution in [0.25, 0.3) is 0 Å². The van der Waals surface area contributed by atoms with E-state index >= 15 is 0 Å². The van der Waals surface area contributed by atoms with Crippen LogP contribution in [0, 0.1) is 12.8 Å². The van der Waals surface area contributed by atoms with Gasteiger partial charge in [-0.1, -0.05) is 17.7 Å². The molecule has 1 aliphatic heterocycles. The van der Waals surface area contributed by atoms with E-state index in [0.717, 1.165) is 31.9 Å². The summed E-state index contributed by atoms with van der Waals surface area (Å²) in [6.45, 7) is 8.30. The van der Waals surface area contributed by atoms with Gasteiger partial charge in [0.2, 0.25) is 0 Å². The Kier molecular flexibility index (Phi) is 4.61. The summed E-state index contributed by atoms with van der Waals surface area (Å²) < 4.78 is 5.93. The lowest BCUT2D eigenvalue weighted by atomic mass is 10.1. The summed E-state index contributed by atoms with van der Waals surface area (Å²) in [7, 11) is 0. The fourth-order valence-electron chi connectivity index (χ4n) is 2.52. The van der Waals surface area contributed by atoms with Gasteiger partial charge in [-0.15, -0.1) is 0 Å². The van der Waals surface area contributed by atoms with Gasteiger partial charge in [-0.25, -0.2) is 0 Å². The molecule has 100 valence electrons. The predicted octanol–water partition coefficient (Wildman–Crippen LogP) is 2.04. The zero-order valence-corrected chi connectivity index (χ0v) is 11.4. The lowest BCUT2D eigenvalue weighted by molar-refractivity contribution is 0.159. The Morgan fingerprint density at radius 3 is 2.72 bits per heavy atom.